The normalized spacial score (nSPS) is 13.0. The van der Waals surface area contributed by atoms with E-state index in [1.165, 1.54) is 116 Å². The van der Waals surface area contributed by atoms with Crippen molar-refractivity contribution in [3.63, 3.8) is 0 Å². The van der Waals surface area contributed by atoms with Gasteiger partial charge in [-0.05, 0) is 89.9 Å². The van der Waals surface area contributed by atoms with Gasteiger partial charge >= 0.3 is 11.9 Å². The number of carbonyl (C=O) groups is 2. The molecule has 0 amide bonds. The maximum atomic E-state index is 12.8. The van der Waals surface area contributed by atoms with E-state index in [0.717, 1.165) is 96.3 Å². The minimum Gasteiger partial charge on any atom is -0.462 e. The average molecular weight is 944 g/mol. The summed E-state index contributed by atoms with van der Waals surface area (Å²) in [6, 6.07) is 0. The molecule has 0 bridgehead atoms. The monoisotopic (exact) mass is 943 g/mol. The lowest BCUT2D eigenvalue weighted by Crippen LogP contribution is -2.30. The topological polar surface area (TPSA) is 61.8 Å². The van der Waals surface area contributed by atoms with Crippen LogP contribution >= 0.6 is 0 Å². The SMILES string of the molecule is CC/C=C\C/C=C\C/C=C\C/C=C\C/C=C\C/C=C\CCC(=O)OCC(COCCCCCCCCCCCCCCCCCCCCCC)OC(=O)CCCCC/C=C\C/C=C\C/C=C\CC. The second-order valence-electron chi connectivity index (χ2n) is 18.4. The van der Waals surface area contributed by atoms with E-state index in [0.29, 0.717) is 25.9 Å². The third-order valence-corrected chi connectivity index (χ3v) is 11.8. The van der Waals surface area contributed by atoms with E-state index in [1.54, 1.807) is 0 Å². The summed E-state index contributed by atoms with van der Waals surface area (Å²) in [6.45, 7) is 7.51. The molecule has 0 aromatic rings. The second kappa shape index (κ2) is 57.9. The Balaban J connectivity index is 4.37. The first-order valence-electron chi connectivity index (χ1n) is 28.4. The fourth-order valence-corrected chi connectivity index (χ4v) is 7.67. The lowest BCUT2D eigenvalue weighted by atomic mass is 10.0. The van der Waals surface area contributed by atoms with E-state index >= 15 is 0 Å². The molecule has 0 saturated heterocycles. The Bertz CT molecular complexity index is 1340. The highest BCUT2D eigenvalue weighted by molar-refractivity contribution is 5.70. The van der Waals surface area contributed by atoms with Gasteiger partial charge < -0.3 is 14.2 Å². The smallest absolute Gasteiger partial charge is 0.306 e. The molecule has 0 aromatic carbocycles. The van der Waals surface area contributed by atoms with Crippen molar-refractivity contribution < 1.29 is 23.8 Å². The Morgan fingerprint density at radius 1 is 0.338 bits per heavy atom. The number of allylic oxidation sites excluding steroid dienone is 18. The average Bonchev–Trinajstić information content (AvgIpc) is 3.34. The highest BCUT2D eigenvalue weighted by Gasteiger charge is 2.17. The molecule has 5 nitrogen and oxygen atoms in total. The first-order chi connectivity index (χ1) is 33.6. The maximum absolute atomic E-state index is 12.8. The molecular formula is C63H106O5. The summed E-state index contributed by atoms with van der Waals surface area (Å²) in [4.78, 5) is 25.4. The molecule has 0 fully saturated rings. The number of hydrogen-bond donors (Lipinski definition) is 0. The summed E-state index contributed by atoms with van der Waals surface area (Å²) < 4.78 is 17.4. The van der Waals surface area contributed by atoms with Gasteiger partial charge in [0.05, 0.1) is 6.61 Å². The van der Waals surface area contributed by atoms with Crippen molar-refractivity contribution in [3.8, 4) is 0 Å². The number of unbranched alkanes of at least 4 members (excludes halogenated alkanes) is 22. The molecule has 1 unspecified atom stereocenters. The molecule has 0 rings (SSSR count). The summed E-state index contributed by atoms with van der Waals surface area (Å²) >= 11 is 0. The molecule has 0 spiro atoms. The van der Waals surface area contributed by atoms with Crippen LogP contribution < -0.4 is 0 Å². The Morgan fingerprint density at radius 3 is 1.10 bits per heavy atom. The third kappa shape index (κ3) is 55.2. The largest absolute Gasteiger partial charge is 0.462 e. The predicted octanol–water partition coefficient (Wildman–Crippen LogP) is 19.6. The van der Waals surface area contributed by atoms with E-state index in [9.17, 15) is 9.59 Å². The van der Waals surface area contributed by atoms with Crippen molar-refractivity contribution in [1.82, 2.24) is 0 Å². The van der Waals surface area contributed by atoms with Crippen LogP contribution in [0.25, 0.3) is 0 Å². The fraction of sp³-hybridized carbons (Fsp3) is 0.683. The third-order valence-electron chi connectivity index (χ3n) is 11.8. The van der Waals surface area contributed by atoms with Gasteiger partial charge in [-0.2, -0.15) is 0 Å². The van der Waals surface area contributed by atoms with E-state index < -0.39 is 6.10 Å². The van der Waals surface area contributed by atoms with E-state index in [1.807, 2.05) is 6.08 Å². The van der Waals surface area contributed by atoms with Crippen molar-refractivity contribution in [2.45, 2.75) is 258 Å². The summed E-state index contributed by atoms with van der Waals surface area (Å²) in [5.74, 6) is -0.527. The van der Waals surface area contributed by atoms with E-state index in [4.69, 9.17) is 14.2 Å². The first-order valence-corrected chi connectivity index (χ1v) is 28.4. The summed E-state index contributed by atoms with van der Waals surface area (Å²) in [6.07, 6.45) is 79.9. The maximum Gasteiger partial charge on any atom is 0.306 e. The first kappa shape index (κ1) is 64.6. The molecule has 5 heteroatoms. The van der Waals surface area contributed by atoms with Gasteiger partial charge in [-0.3, -0.25) is 9.59 Å². The van der Waals surface area contributed by atoms with Gasteiger partial charge in [0, 0.05) is 19.4 Å². The standard InChI is InChI=1S/C63H106O5/c1-4-7-10-13-16-19-22-25-27-29-31-33-35-37-40-43-46-49-52-55-58-66-59-61(68-63(65)57-54-51-48-45-42-38-24-21-18-15-12-9-6-3)60-67-62(64)56-53-50-47-44-41-39-36-34-32-30-28-26-23-20-17-14-11-8-5-2/h8-9,11-12,17-18,20-21,26,28,32,34,38-39,41-42,47,50,61H,4-7,10,13-16,19,22-25,27,29-31,33,35-37,40,43-46,48-49,51-60H2,1-3H3/b11-8-,12-9-,20-17-,21-18-,28-26-,34-32-,41-39-,42-38-,50-47-. The predicted molar refractivity (Wildman–Crippen MR) is 297 cm³/mol. The zero-order valence-corrected chi connectivity index (χ0v) is 44.6. The van der Waals surface area contributed by atoms with Crippen LogP contribution in [-0.4, -0.2) is 37.9 Å². The molecule has 0 heterocycles. The minimum atomic E-state index is -0.587. The van der Waals surface area contributed by atoms with Crippen molar-refractivity contribution in [3.05, 3.63) is 109 Å². The van der Waals surface area contributed by atoms with Gasteiger partial charge in [-0.1, -0.05) is 259 Å². The lowest BCUT2D eigenvalue weighted by molar-refractivity contribution is -0.162. The number of esters is 2. The molecule has 0 aliphatic heterocycles. The van der Waals surface area contributed by atoms with Crippen LogP contribution in [0.1, 0.15) is 252 Å². The highest BCUT2D eigenvalue weighted by Crippen LogP contribution is 2.15. The molecule has 0 aliphatic carbocycles. The second-order valence-corrected chi connectivity index (χ2v) is 18.4. The molecule has 0 aromatic heterocycles. The Kier molecular flexibility index (Phi) is 54.9. The molecule has 0 aliphatic rings. The Labute approximate surface area is 421 Å². The fourth-order valence-electron chi connectivity index (χ4n) is 7.67. The van der Waals surface area contributed by atoms with Crippen LogP contribution in [0.3, 0.4) is 0 Å². The minimum absolute atomic E-state index is 0.0295. The van der Waals surface area contributed by atoms with Crippen molar-refractivity contribution in [1.29, 1.82) is 0 Å². The van der Waals surface area contributed by atoms with E-state index in [2.05, 4.69) is 124 Å². The number of ether oxygens (including phenoxy) is 3. The zero-order chi connectivity index (χ0) is 49.2. The number of rotatable bonds is 51. The van der Waals surface area contributed by atoms with Gasteiger partial charge in [0.1, 0.15) is 6.61 Å². The summed E-state index contributed by atoms with van der Waals surface area (Å²) in [5, 5.41) is 0. The van der Waals surface area contributed by atoms with Crippen LogP contribution in [0.5, 0.6) is 0 Å². The van der Waals surface area contributed by atoms with Crippen LogP contribution in [0, 0.1) is 0 Å². The van der Waals surface area contributed by atoms with Crippen molar-refractivity contribution >= 4 is 11.9 Å². The zero-order valence-electron chi connectivity index (χ0n) is 44.6. The van der Waals surface area contributed by atoms with Crippen LogP contribution in [0.4, 0.5) is 0 Å². The van der Waals surface area contributed by atoms with Gasteiger partial charge in [0.15, 0.2) is 6.10 Å². The number of carbonyl (C=O) groups excluding carboxylic acids is 2. The summed E-state index contributed by atoms with van der Waals surface area (Å²) in [7, 11) is 0. The molecule has 68 heavy (non-hydrogen) atoms. The van der Waals surface area contributed by atoms with Crippen LogP contribution in [0.2, 0.25) is 0 Å². The molecule has 1 atom stereocenters. The van der Waals surface area contributed by atoms with Crippen molar-refractivity contribution in [2.24, 2.45) is 0 Å². The van der Waals surface area contributed by atoms with Crippen molar-refractivity contribution in [2.75, 3.05) is 19.8 Å². The summed E-state index contributed by atoms with van der Waals surface area (Å²) in [5.41, 5.74) is 0. The van der Waals surface area contributed by atoms with Crippen LogP contribution in [-0.2, 0) is 23.8 Å². The van der Waals surface area contributed by atoms with Gasteiger partial charge in [-0.15, -0.1) is 0 Å². The van der Waals surface area contributed by atoms with E-state index in [-0.39, 0.29) is 25.2 Å². The number of hydrogen-bond acceptors (Lipinski definition) is 5. The van der Waals surface area contributed by atoms with Crippen LogP contribution in [0.15, 0.2) is 109 Å². The lowest BCUT2D eigenvalue weighted by Gasteiger charge is -2.18. The highest BCUT2D eigenvalue weighted by atomic mass is 16.6. The molecule has 0 radical (unpaired) electrons. The molecule has 388 valence electrons. The van der Waals surface area contributed by atoms with Gasteiger partial charge in [-0.25, -0.2) is 0 Å². The quantitative estimate of drug-likeness (QED) is 0.0345. The van der Waals surface area contributed by atoms with Gasteiger partial charge in [0.2, 0.25) is 0 Å². The molecule has 0 saturated carbocycles. The Morgan fingerprint density at radius 2 is 0.691 bits per heavy atom. The Hall–Kier alpha value is -3.44. The van der Waals surface area contributed by atoms with Gasteiger partial charge in [0.25, 0.3) is 0 Å². The molecule has 0 N–H and O–H groups in total. The molecular weight excluding hydrogens is 837 g/mol.